The van der Waals surface area contributed by atoms with Gasteiger partial charge in [-0.25, -0.2) is 0 Å². The van der Waals surface area contributed by atoms with E-state index in [-0.39, 0.29) is 0 Å². The van der Waals surface area contributed by atoms with E-state index in [0.717, 1.165) is 39.4 Å². The van der Waals surface area contributed by atoms with Crippen molar-refractivity contribution in [2.24, 2.45) is 5.41 Å². The van der Waals surface area contributed by atoms with Crippen molar-refractivity contribution < 1.29 is 9.47 Å². The van der Waals surface area contributed by atoms with Crippen molar-refractivity contribution >= 4 is 0 Å². The largest absolute Gasteiger partial charge is 0.383 e. The second kappa shape index (κ2) is 8.90. The van der Waals surface area contributed by atoms with Gasteiger partial charge in [-0.3, -0.25) is 4.90 Å². The van der Waals surface area contributed by atoms with E-state index in [1.165, 1.54) is 19.3 Å². The van der Waals surface area contributed by atoms with Crippen LogP contribution in [0.1, 0.15) is 33.1 Å². The van der Waals surface area contributed by atoms with Crippen molar-refractivity contribution in [3.05, 3.63) is 0 Å². The van der Waals surface area contributed by atoms with Crippen LogP contribution in [0.3, 0.4) is 0 Å². The summed E-state index contributed by atoms with van der Waals surface area (Å²) in [5.41, 5.74) is 0.449. The van der Waals surface area contributed by atoms with Gasteiger partial charge >= 0.3 is 0 Å². The molecule has 0 aromatic rings. The van der Waals surface area contributed by atoms with Gasteiger partial charge in [0.1, 0.15) is 0 Å². The lowest BCUT2D eigenvalue weighted by Gasteiger charge is -2.38. The van der Waals surface area contributed by atoms with Gasteiger partial charge in [0.25, 0.3) is 0 Å². The Balaban J connectivity index is 2.62. The van der Waals surface area contributed by atoms with Gasteiger partial charge in [0.05, 0.1) is 13.2 Å². The SMILES string of the molecule is CCCC1(CN(CCOC)C(C)COC)CCNC1. The molecule has 1 saturated heterocycles. The predicted molar refractivity (Wildman–Crippen MR) is 79.6 cm³/mol. The molecule has 1 rings (SSSR count). The van der Waals surface area contributed by atoms with Crippen LogP contribution in [-0.4, -0.2) is 64.6 Å². The van der Waals surface area contributed by atoms with Crippen LogP contribution in [0.4, 0.5) is 0 Å². The number of methoxy groups -OCH3 is 2. The molecule has 0 aliphatic carbocycles. The molecule has 1 aliphatic heterocycles. The zero-order chi connectivity index (χ0) is 14.1. The van der Waals surface area contributed by atoms with Gasteiger partial charge in [0, 0.05) is 39.9 Å². The number of rotatable bonds is 10. The van der Waals surface area contributed by atoms with Crippen molar-refractivity contribution in [3.63, 3.8) is 0 Å². The molecular formula is C15H32N2O2. The summed E-state index contributed by atoms with van der Waals surface area (Å²) < 4.78 is 10.6. The number of ether oxygens (including phenoxy) is 2. The summed E-state index contributed by atoms with van der Waals surface area (Å²) in [6, 6.07) is 0.453. The number of hydrogen-bond donors (Lipinski definition) is 1. The normalized spacial score (nSPS) is 25.1. The molecule has 0 spiro atoms. The molecule has 0 radical (unpaired) electrons. The first kappa shape index (κ1) is 16.9. The third kappa shape index (κ3) is 5.38. The maximum atomic E-state index is 5.32. The van der Waals surface area contributed by atoms with Gasteiger partial charge in [0.2, 0.25) is 0 Å². The first-order chi connectivity index (χ1) is 9.17. The number of nitrogens with one attached hydrogen (secondary N) is 1. The van der Waals surface area contributed by atoms with Crippen LogP contribution >= 0.6 is 0 Å². The van der Waals surface area contributed by atoms with E-state index in [9.17, 15) is 0 Å². The smallest absolute Gasteiger partial charge is 0.0615 e. The van der Waals surface area contributed by atoms with E-state index >= 15 is 0 Å². The molecule has 4 nitrogen and oxygen atoms in total. The van der Waals surface area contributed by atoms with E-state index in [4.69, 9.17) is 9.47 Å². The summed E-state index contributed by atoms with van der Waals surface area (Å²) in [7, 11) is 3.56. The van der Waals surface area contributed by atoms with E-state index in [1.54, 1.807) is 14.2 Å². The van der Waals surface area contributed by atoms with E-state index in [2.05, 4.69) is 24.1 Å². The van der Waals surface area contributed by atoms with E-state index < -0.39 is 0 Å². The third-order valence-corrected chi connectivity index (χ3v) is 4.26. The molecule has 2 atom stereocenters. The molecule has 0 amide bonds. The standard InChI is InChI=1S/C15H32N2O2/c1-5-6-15(7-8-16-12-15)13-17(9-10-18-3)14(2)11-19-4/h14,16H,5-13H2,1-4H3. The Morgan fingerprint density at radius 3 is 2.63 bits per heavy atom. The summed E-state index contributed by atoms with van der Waals surface area (Å²) in [4.78, 5) is 2.54. The van der Waals surface area contributed by atoms with Crippen molar-refractivity contribution in [2.45, 2.75) is 39.2 Å². The van der Waals surface area contributed by atoms with Crippen molar-refractivity contribution in [3.8, 4) is 0 Å². The van der Waals surface area contributed by atoms with Gasteiger partial charge in [0.15, 0.2) is 0 Å². The predicted octanol–water partition coefficient (Wildman–Crippen LogP) is 1.75. The second-order valence-corrected chi connectivity index (χ2v) is 5.94. The van der Waals surface area contributed by atoms with Crippen LogP contribution in [0.15, 0.2) is 0 Å². The van der Waals surface area contributed by atoms with Crippen molar-refractivity contribution in [1.82, 2.24) is 10.2 Å². The maximum Gasteiger partial charge on any atom is 0.0615 e. The Kier molecular flexibility index (Phi) is 7.91. The summed E-state index contributed by atoms with van der Waals surface area (Å²) in [6.45, 7) is 10.6. The molecular weight excluding hydrogens is 240 g/mol. The molecule has 0 bridgehead atoms. The van der Waals surface area contributed by atoms with Crippen LogP contribution in [0.25, 0.3) is 0 Å². The Morgan fingerprint density at radius 2 is 2.11 bits per heavy atom. The first-order valence-corrected chi connectivity index (χ1v) is 7.60. The zero-order valence-corrected chi connectivity index (χ0v) is 13.2. The maximum absolute atomic E-state index is 5.32. The van der Waals surface area contributed by atoms with Crippen molar-refractivity contribution in [1.29, 1.82) is 0 Å². The fourth-order valence-electron chi connectivity index (χ4n) is 3.19. The zero-order valence-electron chi connectivity index (χ0n) is 13.2. The lowest BCUT2D eigenvalue weighted by atomic mass is 9.81. The molecule has 1 fully saturated rings. The molecule has 1 N–H and O–H groups in total. The molecule has 19 heavy (non-hydrogen) atoms. The monoisotopic (exact) mass is 272 g/mol. The Labute approximate surface area is 118 Å². The highest BCUT2D eigenvalue weighted by molar-refractivity contribution is 4.91. The quantitative estimate of drug-likeness (QED) is 0.657. The number of nitrogens with zero attached hydrogens (tertiary/aromatic N) is 1. The Morgan fingerprint density at radius 1 is 1.32 bits per heavy atom. The molecule has 2 unspecified atom stereocenters. The lowest BCUT2D eigenvalue weighted by molar-refractivity contribution is 0.0447. The minimum atomic E-state index is 0.449. The van der Waals surface area contributed by atoms with Crippen LogP contribution in [-0.2, 0) is 9.47 Å². The molecule has 0 aromatic carbocycles. The fourth-order valence-corrected chi connectivity index (χ4v) is 3.19. The first-order valence-electron chi connectivity index (χ1n) is 7.60. The third-order valence-electron chi connectivity index (χ3n) is 4.26. The summed E-state index contributed by atoms with van der Waals surface area (Å²) >= 11 is 0. The Hall–Kier alpha value is -0.160. The van der Waals surface area contributed by atoms with Crippen LogP contribution in [0.2, 0.25) is 0 Å². The second-order valence-electron chi connectivity index (χ2n) is 5.94. The summed E-state index contributed by atoms with van der Waals surface area (Å²) in [6.07, 6.45) is 3.87. The average molecular weight is 272 g/mol. The van der Waals surface area contributed by atoms with Crippen LogP contribution < -0.4 is 5.32 Å². The topological polar surface area (TPSA) is 33.7 Å². The molecule has 114 valence electrons. The van der Waals surface area contributed by atoms with Crippen LogP contribution in [0, 0.1) is 5.41 Å². The number of hydrogen-bond acceptors (Lipinski definition) is 4. The van der Waals surface area contributed by atoms with Gasteiger partial charge in [-0.1, -0.05) is 13.3 Å². The van der Waals surface area contributed by atoms with Gasteiger partial charge in [-0.05, 0) is 31.7 Å². The molecule has 1 heterocycles. The fraction of sp³-hybridized carbons (Fsp3) is 1.00. The van der Waals surface area contributed by atoms with E-state index in [0.29, 0.717) is 11.5 Å². The minimum Gasteiger partial charge on any atom is -0.383 e. The molecule has 1 aliphatic rings. The Bertz CT molecular complexity index is 230. The van der Waals surface area contributed by atoms with Gasteiger partial charge in [-0.15, -0.1) is 0 Å². The molecule has 0 saturated carbocycles. The van der Waals surface area contributed by atoms with E-state index in [1.807, 2.05) is 0 Å². The highest BCUT2D eigenvalue weighted by Gasteiger charge is 2.35. The average Bonchev–Trinajstić information content (AvgIpc) is 2.84. The van der Waals surface area contributed by atoms with Gasteiger partial charge in [-0.2, -0.15) is 0 Å². The van der Waals surface area contributed by atoms with Crippen molar-refractivity contribution in [2.75, 3.05) is 53.6 Å². The summed E-state index contributed by atoms with van der Waals surface area (Å²) in [5.74, 6) is 0. The van der Waals surface area contributed by atoms with Gasteiger partial charge < -0.3 is 14.8 Å². The lowest BCUT2D eigenvalue weighted by Crippen LogP contribution is -2.46. The highest BCUT2D eigenvalue weighted by atomic mass is 16.5. The van der Waals surface area contributed by atoms with Crippen LogP contribution in [0.5, 0.6) is 0 Å². The molecule has 4 heteroatoms. The molecule has 0 aromatic heterocycles. The summed E-state index contributed by atoms with van der Waals surface area (Å²) in [5, 5.41) is 3.54. The minimum absolute atomic E-state index is 0.449. The highest BCUT2D eigenvalue weighted by Crippen LogP contribution is 2.32.